The summed E-state index contributed by atoms with van der Waals surface area (Å²) in [6.45, 7) is 3.47. The molecule has 0 radical (unpaired) electrons. The Morgan fingerprint density at radius 1 is 1.33 bits per heavy atom. The van der Waals surface area contributed by atoms with E-state index in [2.05, 4.69) is 22.0 Å². The van der Waals surface area contributed by atoms with Crippen LogP contribution in [0, 0.1) is 0 Å². The van der Waals surface area contributed by atoms with Crippen molar-refractivity contribution in [1.29, 1.82) is 0 Å². The molecular formula is C14H19N3O. The molecule has 0 spiro atoms. The van der Waals surface area contributed by atoms with Crippen LogP contribution in [0.5, 0.6) is 5.75 Å². The fraction of sp³-hybridized carbons (Fsp3) is 0.500. The van der Waals surface area contributed by atoms with Crippen LogP contribution in [-0.4, -0.2) is 30.1 Å². The molecule has 0 bridgehead atoms. The fourth-order valence-corrected chi connectivity index (χ4v) is 2.52. The number of guanidine groups is 1. The standard InChI is InChI=1S/C14H19N3O/c1-2-18-12-7-3-10(4-8-12)13-9-16-14(15)17(13)11-5-6-11/h3-4,7-8,11,13H,2,5-6,9H2,1H3,(H2,15,16). The van der Waals surface area contributed by atoms with E-state index in [1.54, 1.807) is 0 Å². The Kier molecular flexibility index (Phi) is 2.86. The van der Waals surface area contributed by atoms with Crippen molar-refractivity contribution in [2.45, 2.75) is 31.8 Å². The average molecular weight is 245 g/mol. The van der Waals surface area contributed by atoms with Gasteiger partial charge in [-0.05, 0) is 37.5 Å². The molecule has 1 aromatic carbocycles. The molecule has 1 unspecified atom stereocenters. The summed E-state index contributed by atoms with van der Waals surface area (Å²) in [5, 5.41) is 0. The van der Waals surface area contributed by atoms with Gasteiger partial charge in [-0.1, -0.05) is 12.1 Å². The van der Waals surface area contributed by atoms with Gasteiger partial charge in [0, 0.05) is 6.04 Å². The first-order chi connectivity index (χ1) is 8.79. The van der Waals surface area contributed by atoms with E-state index >= 15 is 0 Å². The highest BCUT2D eigenvalue weighted by atomic mass is 16.5. The van der Waals surface area contributed by atoms with E-state index in [1.807, 2.05) is 19.1 Å². The molecule has 18 heavy (non-hydrogen) atoms. The number of benzene rings is 1. The Balaban J connectivity index is 1.78. The second-order valence-electron chi connectivity index (χ2n) is 4.86. The van der Waals surface area contributed by atoms with E-state index in [9.17, 15) is 0 Å². The van der Waals surface area contributed by atoms with E-state index in [0.717, 1.165) is 12.3 Å². The van der Waals surface area contributed by atoms with E-state index in [1.165, 1.54) is 18.4 Å². The molecule has 1 aromatic rings. The normalized spacial score (nSPS) is 23.1. The highest BCUT2D eigenvalue weighted by Gasteiger charge is 2.38. The minimum atomic E-state index is 0.313. The van der Waals surface area contributed by atoms with E-state index in [-0.39, 0.29) is 0 Å². The van der Waals surface area contributed by atoms with Gasteiger partial charge in [0.2, 0.25) is 0 Å². The lowest BCUT2D eigenvalue weighted by molar-refractivity contribution is 0.333. The highest BCUT2D eigenvalue weighted by molar-refractivity contribution is 5.81. The van der Waals surface area contributed by atoms with Crippen LogP contribution in [0.1, 0.15) is 31.4 Å². The summed E-state index contributed by atoms with van der Waals surface area (Å²) >= 11 is 0. The number of rotatable bonds is 4. The third kappa shape index (κ3) is 2.03. The van der Waals surface area contributed by atoms with Gasteiger partial charge in [0.05, 0.1) is 19.2 Å². The zero-order valence-corrected chi connectivity index (χ0v) is 10.7. The molecule has 1 atom stereocenters. The van der Waals surface area contributed by atoms with Crippen LogP contribution in [0.3, 0.4) is 0 Å². The topological polar surface area (TPSA) is 50.9 Å². The van der Waals surface area contributed by atoms with E-state index < -0.39 is 0 Å². The number of nitrogens with zero attached hydrogens (tertiary/aromatic N) is 2. The molecule has 3 rings (SSSR count). The van der Waals surface area contributed by atoms with Gasteiger partial charge < -0.3 is 15.4 Å². The molecule has 1 saturated carbocycles. The van der Waals surface area contributed by atoms with Crippen LogP contribution in [0.4, 0.5) is 0 Å². The highest BCUT2D eigenvalue weighted by Crippen LogP contribution is 2.37. The molecule has 96 valence electrons. The van der Waals surface area contributed by atoms with Crippen LogP contribution in [0.25, 0.3) is 0 Å². The molecule has 0 aromatic heterocycles. The summed E-state index contributed by atoms with van der Waals surface area (Å²) in [7, 11) is 0. The zero-order valence-electron chi connectivity index (χ0n) is 10.7. The van der Waals surface area contributed by atoms with Crippen LogP contribution < -0.4 is 10.5 Å². The molecule has 1 heterocycles. The van der Waals surface area contributed by atoms with Gasteiger partial charge in [0.15, 0.2) is 5.96 Å². The first-order valence-electron chi connectivity index (χ1n) is 6.60. The van der Waals surface area contributed by atoms with Crippen LogP contribution in [0.2, 0.25) is 0 Å². The number of aliphatic imine (C=N–C) groups is 1. The first-order valence-corrected chi connectivity index (χ1v) is 6.60. The maximum Gasteiger partial charge on any atom is 0.192 e. The second-order valence-corrected chi connectivity index (χ2v) is 4.86. The lowest BCUT2D eigenvalue weighted by Gasteiger charge is -2.26. The van der Waals surface area contributed by atoms with Gasteiger partial charge in [0.1, 0.15) is 5.75 Å². The fourth-order valence-electron chi connectivity index (χ4n) is 2.52. The average Bonchev–Trinajstić information content (AvgIpc) is 3.14. The number of hydrogen-bond donors (Lipinski definition) is 1. The van der Waals surface area contributed by atoms with Crippen molar-refractivity contribution >= 4 is 5.96 Å². The molecule has 0 amide bonds. The van der Waals surface area contributed by atoms with Crippen LogP contribution >= 0.6 is 0 Å². The van der Waals surface area contributed by atoms with Gasteiger partial charge in [-0.15, -0.1) is 0 Å². The quantitative estimate of drug-likeness (QED) is 0.881. The Bertz CT molecular complexity index is 451. The molecule has 2 N–H and O–H groups in total. The van der Waals surface area contributed by atoms with Gasteiger partial charge in [0.25, 0.3) is 0 Å². The summed E-state index contributed by atoms with van der Waals surface area (Å²) in [5.41, 5.74) is 7.25. The second kappa shape index (κ2) is 4.52. The summed E-state index contributed by atoms with van der Waals surface area (Å²) in [6, 6.07) is 9.22. The van der Waals surface area contributed by atoms with Crippen LogP contribution in [0.15, 0.2) is 29.3 Å². The Labute approximate surface area is 107 Å². The minimum Gasteiger partial charge on any atom is -0.494 e. The van der Waals surface area contributed by atoms with Crippen molar-refractivity contribution in [3.05, 3.63) is 29.8 Å². The predicted octanol–water partition coefficient (Wildman–Crippen LogP) is 1.92. The number of nitrogens with two attached hydrogens (primary N) is 1. The zero-order chi connectivity index (χ0) is 12.5. The van der Waals surface area contributed by atoms with Crippen LogP contribution in [-0.2, 0) is 0 Å². The third-order valence-corrected chi connectivity index (χ3v) is 3.54. The van der Waals surface area contributed by atoms with Gasteiger partial charge >= 0.3 is 0 Å². The molecule has 4 nitrogen and oxygen atoms in total. The largest absolute Gasteiger partial charge is 0.494 e. The lowest BCUT2D eigenvalue weighted by atomic mass is 10.1. The van der Waals surface area contributed by atoms with Crippen molar-refractivity contribution in [1.82, 2.24) is 4.90 Å². The van der Waals surface area contributed by atoms with Crippen molar-refractivity contribution in [2.24, 2.45) is 10.7 Å². The maximum absolute atomic E-state index is 5.98. The molecule has 1 aliphatic heterocycles. The molecule has 2 aliphatic rings. The smallest absolute Gasteiger partial charge is 0.192 e. The Morgan fingerprint density at radius 2 is 2.06 bits per heavy atom. The Morgan fingerprint density at radius 3 is 2.67 bits per heavy atom. The van der Waals surface area contributed by atoms with Crippen molar-refractivity contribution < 1.29 is 4.74 Å². The first kappa shape index (κ1) is 11.4. The van der Waals surface area contributed by atoms with Gasteiger partial charge in [-0.25, -0.2) is 0 Å². The SMILES string of the molecule is CCOc1ccc(C2CN=C(N)N2C2CC2)cc1. The summed E-state index contributed by atoms with van der Waals surface area (Å²) in [4.78, 5) is 6.66. The number of ether oxygens (including phenoxy) is 1. The van der Waals surface area contributed by atoms with Gasteiger partial charge in [-0.2, -0.15) is 0 Å². The lowest BCUT2D eigenvalue weighted by Crippen LogP contribution is -2.37. The minimum absolute atomic E-state index is 0.313. The summed E-state index contributed by atoms with van der Waals surface area (Å²) < 4.78 is 5.46. The molecular weight excluding hydrogens is 226 g/mol. The molecule has 4 heteroatoms. The molecule has 1 aliphatic carbocycles. The number of hydrogen-bond acceptors (Lipinski definition) is 4. The Hall–Kier alpha value is -1.71. The summed E-state index contributed by atoms with van der Waals surface area (Å²) in [5.74, 6) is 1.63. The van der Waals surface area contributed by atoms with E-state index in [0.29, 0.717) is 24.7 Å². The van der Waals surface area contributed by atoms with Crippen molar-refractivity contribution in [3.63, 3.8) is 0 Å². The van der Waals surface area contributed by atoms with E-state index in [4.69, 9.17) is 10.5 Å². The predicted molar refractivity (Wildman–Crippen MR) is 71.7 cm³/mol. The molecule has 1 fully saturated rings. The van der Waals surface area contributed by atoms with Crippen molar-refractivity contribution in [2.75, 3.05) is 13.2 Å². The van der Waals surface area contributed by atoms with Crippen molar-refractivity contribution in [3.8, 4) is 5.75 Å². The monoisotopic (exact) mass is 245 g/mol. The summed E-state index contributed by atoms with van der Waals surface area (Å²) in [6.07, 6.45) is 2.48. The maximum atomic E-state index is 5.98. The molecule has 0 saturated heterocycles. The third-order valence-electron chi connectivity index (χ3n) is 3.54. The van der Waals surface area contributed by atoms with Gasteiger partial charge in [-0.3, -0.25) is 4.99 Å².